The molecule has 2 aromatic carbocycles. The van der Waals surface area contributed by atoms with Crippen LogP contribution in [0.4, 0.5) is 5.69 Å². The van der Waals surface area contributed by atoms with E-state index in [-0.39, 0.29) is 0 Å². The Morgan fingerprint density at radius 1 is 1.11 bits per heavy atom. The summed E-state index contributed by atoms with van der Waals surface area (Å²) in [7, 11) is 0. The monoisotopic (exact) mass is 301 g/mol. The van der Waals surface area contributed by atoms with Crippen LogP contribution in [-0.2, 0) is 13.0 Å². The summed E-state index contributed by atoms with van der Waals surface area (Å²) in [6.45, 7) is 3.30. The van der Waals surface area contributed by atoms with Gasteiger partial charge in [0.1, 0.15) is 0 Å². The summed E-state index contributed by atoms with van der Waals surface area (Å²) in [5.74, 6) is 0. The van der Waals surface area contributed by atoms with Crippen LogP contribution in [0.2, 0.25) is 0 Å². The average Bonchev–Trinajstić information content (AvgIpc) is 2.69. The summed E-state index contributed by atoms with van der Waals surface area (Å²) in [6.07, 6.45) is 1.16. The summed E-state index contributed by atoms with van der Waals surface area (Å²) >= 11 is 3.48. The molecule has 0 saturated heterocycles. The lowest BCUT2D eigenvalue weighted by Gasteiger charge is -2.25. The average molecular weight is 302 g/mol. The molecule has 0 N–H and O–H groups in total. The molecule has 0 aromatic heterocycles. The van der Waals surface area contributed by atoms with Crippen LogP contribution in [0.5, 0.6) is 0 Å². The van der Waals surface area contributed by atoms with Crippen molar-refractivity contribution >= 4 is 21.6 Å². The van der Waals surface area contributed by atoms with E-state index in [0.717, 1.165) is 17.4 Å². The lowest BCUT2D eigenvalue weighted by atomic mass is 10.1. The third kappa shape index (κ3) is 2.17. The molecule has 0 spiro atoms. The third-order valence-electron chi connectivity index (χ3n) is 3.61. The van der Waals surface area contributed by atoms with Crippen molar-refractivity contribution in [2.24, 2.45) is 0 Å². The second-order valence-corrected chi connectivity index (χ2v) is 5.85. The summed E-state index contributed by atoms with van der Waals surface area (Å²) in [5.41, 5.74) is 4.23. The zero-order chi connectivity index (χ0) is 12.5. The maximum Gasteiger partial charge on any atom is 0.0432 e. The topological polar surface area (TPSA) is 3.24 Å². The number of benzene rings is 2. The first-order valence-electron chi connectivity index (χ1n) is 6.33. The van der Waals surface area contributed by atoms with E-state index in [1.165, 1.54) is 16.8 Å². The first-order chi connectivity index (χ1) is 8.74. The summed E-state index contributed by atoms with van der Waals surface area (Å²) in [6, 6.07) is 17.9. The van der Waals surface area contributed by atoms with Gasteiger partial charge in [-0.3, -0.25) is 0 Å². The highest BCUT2D eigenvalue weighted by Crippen LogP contribution is 2.33. The van der Waals surface area contributed by atoms with E-state index in [0.29, 0.717) is 6.04 Å². The maximum absolute atomic E-state index is 3.48. The Balaban J connectivity index is 1.87. The van der Waals surface area contributed by atoms with Crippen LogP contribution in [0.3, 0.4) is 0 Å². The van der Waals surface area contributed by atoms with Gasteiger partial charge in [0.15, 0.2) is 0 Å². The van der Waals surface area contributed by atoms with Gasteiger partial charge in [-0.05, 0) is 42.7 Å². The molecule has 1 aliphatic rings. The molecule has 1 heterocycles. The molecule has 0 bridgehead atoms. The van der Waals surface area contributed by atoms with E-state index in [9.17, 15) is 0 Å². The second-order valence-electron chi connectivity index (χ2n) is 4.94. The van der Waals surface area contributed by atoms with Crippen molar-refractivity contribution < 1.29 is 0 Å². The Hall–Kier alpha value is -1.28. The van der Waals surface area contributed by atoms with Crippen molar-refractivity contribution in [1.29, 1.82) is 0 Å². The van der Waals surface area contributed by atoms with Crippen molar-refractivity contribution in [2.75, 3.05) is 4.90 Å². The van der Waals surface area contributed by atoms with Gasteiger partial charge >= 0.3 is 0 Å². The molecule has 1 nitrogen and oxygen atoms in total. The van der Waals surface area contributed by atoms with Crippen molar-refractivity contribution in [3.05, 3.63) is 64.1 Å². The highest BCUT2D eigenvalue weighted by Gasteiger charge is 2.25. The number of para-hydroxylation sites is 1. The number of hydrogen-bond acceptors (Lipinski definition) is 1. The molecule has 0 amide bonds. The van der Waals surface area contributed by atoms with E-state index >= 15 is 0 Å². The van der Waals surface area contributed by atoms with Crippen molar-refractivity contribution in [2.45, 2.75) is 25.9 Å². The lowest BCUT2D eigenvalue weighted by Crippen LogP contribution is -2.28. The van der Waals surface area contributed by atoms with Crippen LogP contribution in [0.25, 0.3) is 0 Å². The van der Waals surface area contributed by atoms with Gasteiger partial charge in [-0.1, -0.05) is 46.3 Å². The highest BCUT2D eigenvalue weighted by atomic mass is 79.9. The van der Waals surface area contributed by atoms with Crippen LogP contribution < -0.4 is 4.90 Å². The van der Waals surface area contributed by atoms with Crippen molar-refractivity contribution in [3.63, 3.8) is 0 Å². The Labute approximate surface area is 117 Å². The minimum atomic E-state index is 0.589. The number of halogens is 1. The predicted octanol–water partition coefficient (Wildman–Crippen LogP) is 4.40. The summed E-state index contributed by atoms with van der Waals surface area (Å²) in [4.78, 5) is 2.50. The molecule has 3 rings (SSSR count). The molecule has 92 valence electrons. The van der Waals surface area contributed by atoms with E-state index in [4.69, 9.17) is 0 Å². The van der Waals surface area contributed by atoms with E-state index in [2.05, 4.69) is 76.3 Å². The largest absolute Gasteiger partial charge is 0.364 e. The van der Waals surface area contributed by atoms with Crippen LogP contribution in [-0.4, -0.2) is 6.04 Å². The van der Waals surface area contributed by atoms with Gasteiger partial charge in [0.2, 0.25) is 0 Å². The molecular formula is C16H16BrN. The Morgan fingerprint density at radius 3 is 2.61 bits per heavy atom. The van der Waals surface area contributed by atoms with Crippen LogP contribution in [0.15, 0.2) is 53.0 Å². The highest BCUT2D eigenvalue weighted by molar-refractivity contribution is 9.10. The molecule has 1 atom stereocenters. The first kappa shape index (κ1) is 11.8. The van der Waals surface area contributed by atoms with Gasteiger partial charge in [0, 0.05) is 22.7 Å². The minimum Gasteiger partial charge on any atom is -0.364 e. The zero-order valence-corrected chi connectivity index (χ0v) is 12.0. The van der Waals surface area contributed by atoms with Gasteiger partial charge in [-0.25, -0.2) is 0 Å². The number of hydrogen-bond donors (Lipinski definition) is 0. The molecule has 0 unspecified atom stereocenters. The van der Waals surface area contributed by atoms with Gasteiger partial charge in [-0.2, -0.15) is 0 Å². The standard InChI is InChI=1S/C16H16BrN/c1-12-10-14-4-2-3-5-16(14)18(12)11-13-6-8-15(17)9-7-13/h2-9,12H,10-11H2,1H3/t12-/m1/s1. The normalized spacial score (nSPS) is 17.9. The second kappa shape index (κ2) is 4.77. The maximum atomic E-state index is 3.48. The van der Waals surface area contributed by atoms with Crippen LogP contribution in [0, 0.1) is 0 Å². The fraction of sp³-hybridized carbons (Fsp3) is 0.250. The molecule has 2 aromatic rings. The molecule has 0 fully saturated rings. The lowest BCUT2D eigenvalue weighted by molar-refractivity contribution is 0.672. The van der Waals surface area contributed by atoms with Gasteiger partial charge in [-0.15, -0.1) is 0 Å². The minimum absolute atomic E-state index is 0.589. The molecule has 0 radical (unpaired) electrons. The molecule has 0 saturated carbocycles. The quantitative estimate of drug-likeness (QED) is 0.794. The zero-order valence-electron chi connectivity index (χ0n) is 10.4. The Bertz CT molecular complexity index is 547. The van der Waals surface area contributed by atoms with Gasteiger partial charge in [0.05, 0.1) is 0 Å². The number of rotatable bonds is 2. The molecular weight excluding hydrogens is 286 g/mol. The fourth-order valence-corrected chi connectivity index (χ4v) is 2.92. The number of anilines is 1. The number of nitrogens with zero attached hydrogens (tertiary/aromatic N) is 1. The van der Waals surface area contributed by atoms with Crippen LogP contribution >= 0.6 is 15.9 Å². The Morgan fingerprint density at radius 2 is 1.83 bits per heavy atom. The van der Waals surface area contributed by atoms with E-state index < -0.39 is 0 Å². The number of fused-ring (bicyclic) bond motifs is 1. The predicted molar refractivity (Wildman–Crippen MR) is 79.9 cm³/mol. The first-order valence-corrected chi connectivity index (χ1v) is 7.12. The van der Waals surface area contributed by atoms with Gasteiger partial charge in [0.25, 0.3) is 0 Å². The molecule has 0 aliphatic carbocycles. The van der Waals surface area contributed by atoms with Crippen LogP contribution in [0.1, 0.15) is 18.1 Å². The fourth-order valence-electron chi connectivity index (χ4n) is 2.66. The molecule has 2 heteroatoms. The smallest absolute Gasteiger partial charge is 0.0432 e. The molecule has 1 aliphatic heterocycles. The third-order valence-corrected chi connectivity index (χ3v) is 4.14. The van der Waals surface area contributed by atoms with Gasteiger partial charge < -0.3 is 4.90 Å². The Kier molecular flexibility index (Phi) is 3.13. The van der Waals surface area contributed by atoms with E-state index in [1.807, 2.05) is 0 Å². The van der Waals surface area contributed by atoms with Crippen molar-refractivity contribution in [1.82, 2.24) is 0 Å². The summed E-state index contributed by atoms with van der Waals surface area (Å²) < 4.78 is 1.14. The van der Waals surface area contributed by atoms with Crippen molar-refractivity contribution in [3.8, 4) is 0 Å². The molecule has 18 heavy (non-hydrogen) atoms. The SMILES string of the molecule is C[C@@H]1Cc2ccccc2N1Cc1ccc(Br)cc1. The van der Waals surface area contributed by atoms with E-state index in [1.54, 1.807) is 0 Å². The summed E-state index contributed by atoms with van der Waals surface area (Å²) in [5, 5.41) is 0.